The minimum atomic E-state index is -1.17. The van der Waals surface area contributed by atoms with Crippen molar-refractivity contribution in [1.29, 1.82) is 0 Å². The van der Waals surface area contributed by atoms with Gasteiger partial charge in [0.1, 0.15) is 29.8 Å². The van der Waals surface area contributed by atoms with Gasteiger partial charge in [0, 0.05) is 10.7 Å². The number of ether oxygens (including phenoxy) is 1. The molecule has 0 radical (unpaired) electrons. The van der Waals surface area contributed by atoms with E-state index in [4.69, 9.17) is 16.3 Å². The number of hydrogen-bond acceptors (Lipinski definition) is 6. The van der Waals surface area contributed by atoms with E-state index in [9.17, 15) is 20.1 Å². The van der Waals surface area contributed by atoms with E-state index in [-0.39, 0.29) is 18.3 Å². The van der Waals surface area contributed by atoms with Gasteiger partial charge in [-0.3, -0.25) is 9.69 Å². The molecule has 1 amide bonds. The average molecular weight is 346 g/mol. The second-order valence-electron chi connectivity index (χ2n) is 5.24. The summed E-state index contributed by atoms with van der Waals surface area (Å²) in [4.78, 5) is 13.7. The normalized spacial score (nSPS) is 35.4. The Bertz CT molecular complexity index is 557. The molecule has 8 heteroatoms. The third kappa shape index (κ3) is 2.73. The van der Waals surface area contributed by atoms with Crippen LogP contribution in [0.2, 0.25) is 5.02 Å². The zero-order valence-corrected chi connectivity index (χ0v) is 13.1. The van der Waals surface area contributed by atoms with Crippen molar-refractivity contribution in [3.63, 3.8) is 0 Å². The van der Waals surface area contributed by atoms with Crippen molar-refractivity contribution in [3.8, 4) is 0 Å². The van der Waals surface area contributed by atoms with Gasteiger partial charge >= 0.3 is 0 Å². The van der Waals surface area contributed by atoms with Gasteiger partial charge in [0.05, 0.1) is 12.4 Å². The number of rotatable bonds is 3. The van der Waals surface area contributed by atoms with Gasteiger partial charge in [0.15, 0.2) is 0 Å². The van der Waals surface area contributed by atoms with Crippen LogP contribution in [0.4, 0.5) is 5.69 Å². The molecule has 2 heterocycles. The molecular weight excluding hydrogens is 330 g/mol. The van der Waals surface area contributed by atoms with Gasteiger partial charge in [0.25, 0.3) is 0 Å². The van der Waals surface area contributed by atoms with Gasteiger partial charge in [-0.05, 0) is 24.3 Å². The molecule has 0 saturated carbocycles. The fourth-order valence-corrected chi connectivity index (χ4v) is 4.12. The average Bonchev–Trinajstić information content (AvgIpc) is 3.02. The van der Waals surface area contributed by atoms with E-state index >= 15 is 0 Å². The summed E-state index contributed by atoms with van der Waals surface area (Å²) in [6.07, 6.45) is -3.93. The molecule has 0 bridgehead atoms. The molecule has 2 aliphatic rings. The number of halogens is 1. The quantitative estimate of drug-likeness (QED) is 0.726. The maximum Gasteiger partial charge on any atom is 0.238 e. The summed E-state index contributed by atoms with van der Waals surface area (Å²) < 4.78 is 5.55. The van der Waals surface area contributed by atoms with Crippen molar-refractivity contribution in [2.45, 2.75) is 29.8 Å². The summed E-state index contributed by atoms with van der Waals surface area (Å²) in [5, 5.41) is 29.3. The Morgan fingerprint density at radius 2 is 1.95 bits per heavy atom. The van der Waals surface area contributed by atoms with Crippen molar-refractivity contribution in [2.75, 3.05) is 17.3 Å². The van der Waals surface area contributed by atoms with Gasteiger partial charge in [-0.1, -0.05) is 11.6 Å². The summed E-state index contributed by atoms with van der Waals surface area (Å²) >= 11 is 7.20. The smallest absolute Gasteiger partial charge is 0.238 e. The van der Waals surface area contributed by atoms with Crippen LogP contribution in [0.3, 0.4) is 0 Å². The lowest BCUT2D eigenvalue weighted by Gasteiger charge is -2.29. The zero-order valence-electron chi connectivity index (χ0n) is 11.5. The summed E-state index contributed by atoms with van der Waals surface area (Å²) in [7, 11) is 0. The number of benzene rings is 1. The summed E-state index contributed by atoms with van der Waals surface area (Å²) in [6, 6.07) is 6.81. The molecule has 2 saturated heterocycles. The summed E-state index contributed by atoms with van der Waals surface area (Å²) in [6.45, 7) is -0.388. The van der Waals surface area contributed by atoms with Gasteiger partial charge < -0.3 is 20.1 Å². The minimum absolute atomic E-state index is 0.102. The summed E-state index contributed by atoms with van der Waals surface area (Å²) in [5.74, 6) is 0.162. The van der Waals surface area contributed by atoms with Gasteiger partial charge in [0.2, 0.25) is 5.91 Å². The number of anilines is 1. The van der Waals surface area contributed by atoms with E-state index in [2.05, 4.69) is 0 Å². The van der Waals surface area contributed by atoms with Crippen LogP contribution >= 0.6 is 23.4 Å². The SMILES string of the molecule is O=C1CS[C@H]([C@H]2O[C@H](CO)[C@@H](O)[C@@H]2O)N1c1ccc(Cl)cc1. The molecule has 0 aliphatic carbocycles. The van der Waals surface area contributed by atoms with Crippen LogP contribution in [0, 0.1) is 0 Å². The maximum atomic E-state index is 12.2. The first-order chi connectivity index (χ1) is 10.5. The first-order valence-corrected chi connectivity index (χ1v) is 8.27. The van der Waals surface area contributed by atoms with Crippen molar-refractivity contribution in [2.24, 2.45) is 0 Å². The second kappa shape index (κ2) is 6.35. The third-order valence-electron chi connectivity index (χ3n) is 3.87. The highest BCUT2D eigenvalue weighted by atomic mass is 35.5. The third-order valence-corrected chi connectivity index (χ3v) is 5.35. The van der Waals surface area contributed by atoms with Crippen LogP contribution in [0.1, 0.15) is 0 Å². The number of nitrogens with zero attached hydrogens (tertiary/aromatic N) is 1. The first kappa shape index (κ1) is 16.0. The van der Waals surface area contributed by atoms with Crippen LogP contribution in [0.25, 0.3) is 0 Å². The van der Waals surface area contributed by atoms with Gasteiger partial charge in [-0.2, -0.15) is 0 Å². The molecule has 0 aromatic heterocycles. The molecule has 3 rings (SSSR count). The van der Waals surface area contributed by atoms with E-state index in [0.29, 0.717) is 10.7 Å². The molecule has 3 N–H and O–H groups in total. The molecule has 1 aromatic rings. The lowest BCUT2D eigenvalue weighted by molar-refractivity contribution is -0.116. The number of carbonyl (C=O) groups is 1. The van der Waals surface area contributed by atoms with Crippen molar-refractivity contribution < 1.29 is 24.9 Å². The highest BCUT2D eigenvalue weighted by Gasteiger charge is 2.50. The topological polar surface area (TPSA) is 90.2 Å². The second-order valence-corrected chi connectivity index (χ2v) is 6.79. The van der Waals surface area contributed by atoms with E-state index < -0.39 is 29.8 Å². The number of hydrogen-bond donors (Lipinski definition) is 3. The Morgan fingerprint density at radius 1 is 1.27 bits per heavy atom. The molecule has 0 spiro atoms. The van der Waals surface area contributed by atoms with E-state index in [0.717, 1.165) is 0 Å². The first-order valence-electron chi connectivity index (χ1n) is 6.84. The van der Waals surface area contributed by atoms with Crippen LogP contribution in [-0.2, 0) is 9.53 Å². The monoisotopic (exact) mass is 345 g/mol. The molecular formula is C14H16ClNO5S. The number of aliphatic hydroxyl groups is 3. The van der Waals surface area contributed by atoms with Crippen LogP contribution in [0.5, 0.6) is 0 Å². The Kier molecular flexibility index (Phi) is 4.63. The number of carbonyl (C=O) groups excluding carboxylic acids is 1. The number of thioether (sulfide) groups is 1. The Balaban J connectivity index is 1.86. The predicted molar refractivity (Wildman–Crippen MR) is 82.9 cm³/mol. The molecule has 0 unspecified atom stereocenters. The lowest BCUT2D eigenvalue weighted by atomic mass is 10.1. The van der Waals surface area contributed by atoms with Crippen molar-refractivity contribution in [3.05, 3.63) is 29.3 Å². The minimum Gasteiger partial charge on any atom is -0.394 e. The highest BCUT2D eigenvalue weighted by molar-refractivity contribution is 8.01. The standard InChI is InChI=1S/C14H16ClNO5S/c15-7-1-3-8(4-2-7)16-10(18)6-22-14(16)13-12(20)11(19)9(5-17)21-13/h1-4,9,11-14,17,19-20H,5-6H2/t9-,11-,12+,13+,14-/m1/s1. The van der Waals surface area contributed by atoms with Crippen LogP contribution in [-0.4, -0.2) is 63.4 Å². The Hall–Kier alpha value is -0.830. The summed E-state index contributed by atoms with van der Waals surface area (Å²) in [5.41, 5.74) is 0.655. The van der Waals surface area contributed by atoms with Gasteiger partial charge in [-0.15, -0.1) is 11.8 Å². The van der Waals surface area contributed by atoms with Crippen LogP contribution < -0.4 is 4.90 Å². The van der Waals surface area contributed by atoms with Gasteiger partial charge in [-0.25, -0.2) is 0 Å². The Morgan fingerprint density at radius 3 is 2.55 bits per heavy atom. The molecule has 6 nitrogen and oxygen atoms in total. The molecule has 1 aromatic carbocycles. The van der Waals surface area contributed by atoms with E-state index in [1.54, 1.807) is 29.2 Å². The largest absolute Gasteiger partial charge is 0.394 e. The lowest BCUT2D eigenvalue weighted by Crippen LogP contribution is -2.46. The zero-order chi connectivity index (χ0) is 15.9. The van der Waals surface area contributed by atoms with Crippen molar-refractivity contribution in [1.82, 2.24) is 0 Å². The predicted octanol–water partition coefficient (Wildman–Crippen LogP) is 0.227. The molecule has 2 aliphatic heterocycles. The van der Waals surface area contributed by atoms with Crippen LogP contribution in [0.15, 0.2) is 24.3 Å². The fourth-order valence-electron chi connectivity index (χ4n) is 2.74. The Labute approximate surface area is 136 Å². The molecule has 2 fully saturated rings. The number of amides is 1. The molecule has 22 heavy (non-hydrogen) atoms. The maximum absolute atomic E-state index is 12.2. The number of aliphatic hydroxyl groups excluding tert-OH is 3. The highest BCUT2D eigenvalue weighted by Crippen LogP contribution is 2.38. The fraction of sp³-hybridized carbons (Fsp3) is 0.500. The van der Waals surface area contributed by atoms with Crippen molar-refractivity contribution >= 4 is 35.0 Å². The van der Waals surface area contributed by atoms with E-state index in [1.807, 2.05) is 0 Å². The molecule has 5 atom stereocenters. The van der Waals surface area contributed by atoms with E-state index in [1.165, 1.54) is 11.8 Å². The molecule has 120 valence electrons.